The lowest BCUT2D eigenvalue weighted by molar-refractivity contribution is 0.196. The Morgan fingerprint density at radius 2 is 1.78 bits per heavy atom. The molecule has 2 nitrogen and oxygen atoms in total. The summed E-state index contributed by atoms with van der Waals surface area (Å²) in [5, 5.41) is 3.51. The summed E-state index contributed by atoms with van der Waals surface area (Å²) in [5.74, 6) is 0.782. The largest absolute Gasteiger partial charge is 0.383 e. The van der Waals surface area contributed by atoms with Gasteiger partial charge < -0.3 is 5.32 Å². The number of rotatable bonds is 8. The van der Waals surface area contributed by atoms with Crippen molar-refractivity contribution in [3.05, 3.63) is 30.3 Å². The highest BCUT2D eigenvalue weighted by molar-refractivity contribution is 5.42. The second-order valence-corrected chi connectivity index (χ2v) is 5.20. The van der Waals surface area contributed by atoms with Gasteiger partial charge in [-0.05, 0) is 31.5 Å². The molecule has 1 aromatic carbocycles. The van der Waals surface area contributed by atoms with Crippen molar-refractivity contribution in [3.63, 3.8) is 0 Å². The topological polar surface area (TPSA) is 15.3 Å². The van der Waals surface area contributed by atoms with E-state index in [1.54, 1.807) is 0 Å². The summed E-state index contributed by atoms with van der Waals surface area (Å²) in [6, 6.07) is 11.0. The molecule has 0 radical (unpaired) electrons. The number of nitrogens with one attached hydrogen (secondary N) is 1. The lowest BCUT2D eigenvalue weighted by Gasteiger charge is -2.30. The van der Waals surface area contributed by atoms with Gasteiger partial charge in [-0.15, -0.1) is 0 Å². The first-order valence-electron chi connectivity index (χ1n) is 7.20. The van der Waals surface area contributed by atoms with Crippen molar-refractivity contribution in [2.75, 3.05) is 25.0 Å². The van der Waals surface area contributed by atoms with Crippen molar-refractivity contribution >= 4 is 5.69 Å². The van der Waals surface area contributed by atoms with Crippen molar-refractivity contribution < 1.29 is 0 Å². The maximum Gasteiger partial charge on any atom is 0.0340 e. The minimum atomic E-state index is 0.573. The van der Waals surface area contributed by atoms with E-state index in [-0.39, 0.29) is 0 Å². The van der Waals surface area contributed by atoms with Gasteiger partial charge in [0.2, 0.25) is 0 Å². The van der Waals surface area contributed by atoms with Gasteiger partial charge in [0.05, 0.1) is 0 Å². The Hall–Kier alpha value is -1.02. The highest BCUT2D eigenvalue weighted by atomic mass is 15.2. The van der Waals surface area contributed by atoms with E-state index in [9.17, 15) is 0 Å². The van der Waals surface area contributed by atoms with E-state index in [1.165, 1.54) is 18.7 Å². The summed E-state index contributed by atoms with van der Waals surface area (Å²) in [5.41, 5.74) is 1.21. The van der Waals surface area contributed by atoms with Gasteiger partial charge in [0.25, 0.3) is 0 Å². The molecule has 0 saturated carbocycles. The average Bonchev–Trinajstić information content (AvgIpc) is 2.42. The predicted octanol–water partition coefficient (Wildman–Crippen LogP) is 3.86. The molecule has 0 amide bonds. The second kappa shape index (κ2) is 8.15. The molecule has 2 heteroatoms. The highest BCUT2D eigenvalue weighted by Crippen LogP contribution is 2.10. The Labute approximate surface area is 112 Å². The standard InChI is InChI=1S/C16H28N2/c1-5-14(3)13-18(6-2)15(4)12-17-16-10-8-7-9-11-16/h7-11,14-15,17H,5-6,12-13H2,1-4H3. The Morgan fingerprint density at radius 3 is 2.33 bits per heavy atom. The second-order valence-electron chi connectivity index (χ2n) is 5.20. The zero-order valence-electron chi connectivity index (χ0n) is 12.3. The molecular weight excluding hydrogens is 220 g/mol. The van der Waals surface area contributed by atoms with Crippen LogP contribution in [-0.4, -0.2) is 30.6 Å². The van der Waals surface area contributed by atoms with E-state index in [2.05, 4.69) is 68.2 Å². The first-order chi connectivity index (χ1) is 8.67. The molecular formula is C16H28N2. The predicted molar refractivity (Wildman–Crippen MR) is 81.1 cm³/mol. The van der Waals surface area contributed by atoms with E-state index in [1.807, 2.05) is 0 Å². The molecule has 0 saturated heterocycles. The van der Waals surface area contributed by atoms with E-state index < -0.39 is 0 Å². The fraction of sp³-hybridized carbons (Fsp3) is 0.625. The number of nitrogens with zero attached hydrogens (tertiary/aromatic N) is 1. The van der Waals surface area contributed by atoms with Crippen LogP contribution in [0.1, 0.15) is 34.1 Å². The monoisotopic (exact) mass is 248 g/mol. The van der Waals surface area contributed by atoms with Gasteiger partial charge in [-0.1, -0.05) is 45.4 Å². The van der Waals surface area contributed by atoms with Gasteiger partial charge >= 0.3 is 0 Å². The number of hydrogen-bond donors (Lipinski definition) is 1. The third-order valence-corrected chi connectivity index (χ3v) is 3.65. The van der Waals surface area contributed by atoms with Crippen LogP contribution in [0.5, 0.6) is 0 Å². The Balaban J connectivity index is 2.40. The SMILES string of the molecule is CCC(C)CN(CC)C(C)CNc1ccccc1. The molecule has 2 atom stereocenters. The molecule has 1 N–H and O–H groups in total. The van der Waals surface area contributed by atoms with Crippen LogP contribution < -0.4 is 5.32 Å². The maximum absolute atomic E-state index is 3.51. The molecule has 0 spiro atoms. The maximum atomic E-state index is 3.51. The Morgan fingerprint density at radius 1 is 1.11 bits per heavy atom. The molecule has 0 bridgehead atoms. The summed E-state index contributed by atoms with van der Waals surface area (Å²) < 4.78 is 0. The molecule has 2 unspecified atom stereocenters. The number of para-hydroxylation sites is 1. The van der Waals surface area contributed by atoms with Crippen LogP contribution in [-0.2, 0) is 0 Å². The van der Waals surface area contributed by atoms with Gasteiger partial charge in [0, 0.05) is 24.8 Å². The Kier molecular flexibility index (Phi) is 6.81. The average molecular weight is 248 g/mol. The minimum absolute atomic E-state index is 0.573. The van der Waals surface area contributed by atoms with Gasteiger partial charge in [-0.25, -0.2) is 0 Å². The number of anilines is 1. The van der Waals surface area contributed by atoms with Crippen LogP contribution >= 0.6 is 0 Å². The summed E-state index contributed by atoms with van der Waals surface area (Å²) in [6.07, 6.45) is 1.26. The van der Waals surface area contributed by atoms with Crippen LogP contribution in [0.3, 0.4) is 0 Å². The highest BCUT2D eigenvalue weighted by Gasteiger charge is 2.13. The molecule has 0 aliphatic carbocycles. The summed E-state index contributed by atoms with van der Waals surface area (Å²) in [6.45, 7) is 12.5. The van der Waals surface area contributed by atoms with Crippen LogP contribution in [0.4, 0.5) is 5.69 Å². The molecule has 1 rings (SSSR count). The van der Waals surface area contributed by atoms with E-state index in [0.717, 1.165) is 19.0 Å². The summed E-state index contributed by atoms with van der Waals surface area (Å²) >= 11 is 0. The van der Waals surface area contributed by atoms with Crippen LogP contribution in [0.15, 0.2) is 30.3 Å². The molecule has 18 heavy (non-hydrogen) atoms. The summed E-state index contributed by atoms with van der Waals surface area (Å²) in [4.78, 5) is 2.56. The normalized spacial score (nSPS) is 14.5. The first kappa shape index (κ1) is 15.0. The molecule has 0 aliphatic heterocycles. The van der Waals surface area contributed by atoms with Gasteiger partial charge in [0.15, 0.2) is 0 Å². The fourth-order valence-corrected chi connectivity index (χ4v) is 2.10. The minimum Gasteiger partial charge on any atom is -0.383 e. The number of hydrogen-bond acceptors (Lipinski definition) is 2. The van der Waals surface area contributed by atoms with E-state index in [0.29, 0.717) is 6.04 Å². The molecule has 102 valence electrons. The quantitative estimate of drug-likeness (QED) is 0.751. The Bertz CT molecular complexity index is 310. The van der Waals surface area contributed by atoms with Crippen LogP contribution in [0.2, 0.25) is 0 Å². The zero-order chi connectivity index (χ0) is 13.4. The van der Waals surface area contributed by atoms with Gasteiger partial charge in [-0.3, -0.25) is 4.90 Å². The third kappa shape index (κ3) is 5.09. The fourth-order valence-electron chi connectivity index (χ4n) is 2.10. The molecule has 1 aromatic rings. The van der Waals surface area contributed by atoms with E-state index >= 15 is 0 Å². The molecule has 0 aromatic heterocycles. The van der Waals surface area contributed by atoms with Crippen molar-refractivity contribution in [1.29, 1.82) is 0 Å². The number of likely N-dealkylation sites (N-methyl/N-ethyl adjacent to an activating group) is 1. The van der Waals surface area contributed by atoms with Gasteiger partial charge in [-0.2, -0.15) is 0 Å². The van der Waals surface area contributed by atoms with Crippen LogP contribution in [0.25, 0.3) is 0 Å². The first-order valence-corrected chi connectivity index (χ1v) is 7.20. The van der Waals surface area contributed by atoms with Crippen molar-refractivity contribution in [1.82, 2.24) is 4.90 Å². The number of benzene rings is 1. The van der Waals surface area contributed by atoms with Crippen molar-refractivity contribution in [2.45, 2.75) is 40.2 Å². The van der Waals surface area contributed by atoms with Crippen molar-refractivity contribution in [3.8, 4) is 0 Å². The smallest absolute Gasteiger partial charge is 0.0340 e. The third-order valence-electron chi connectivity index (χ3n) is 3.65. The molecule has 0 fully saturated rings. The van der Waals surface area contributed by atoms with Gasteiger partial charge in [0.1, 0.15) is 0 Å². The lowest BCUT2D eigenvalue weighted by Crippen LogP contribution is -2.40. The van der Waals surface area contributed by atoms with Crippen LogP contribution in [0, 0.1) is 5.92 Å². The van der Waals surface area contributed by atoms with E-state index in [4.69, 9.17) is 0 Å². The van der Waals surface area contributed by atoms with Crippen molar-refractivity contribution in [2.24, 2.45) is 5.92 Å². The lowest BCUT2D eigenvalue weighted by atomic mass is 10.1. The molecule has 0 heterocycles. The summed E-state index contributed by atoms with van der Waals surface area (Å²) in [7, 11) is 0. The molecule has 0 aliphatic rings. The zero-order valence-corrected chi connectivity index (χ0v) is 12.3.